The predicted molar refractivity (Wildman–Crippen MR) is 80.3 cm³/mol. The van der Waals surface area contributed by atoms with E-state index in [4.69, 9.17) is 4.74 Å². The van der Waals surface area contributed by atoms with Gasteiger partial charge in [0.15, 0.2) is 6.54 Å². The highest BCUT2D eigenvalue weighted by Crippen LogP contribution is 2.06. The number of para-hydroxylation sites is 1. The molecular weight excluding hydrogens is 270 g/mol. The maximum Gasteiger partial charge on any atom is 0.275 e. The van der Waals surface area contributed by atoms with Gasteiger partial charge in [-0.2, -0.15) is 0 Å². The van der Waals surface area contributed by atoms with Gasteiger partial charge in [-0.15, -0.1) is 0 Å². The third kappa shape index (κ3) is 7.31. The van der Waals surface area contributed by atoms with Crippen LogP contribution < -0.4 is 15.0 Å². The maximum atomic E-state index is 11.7. The van der Waals surface area contributed by atoms with Crippen LogP contribution in [0.15, 0.2) is 30.3 Å². The minimum Gasteiger partial charge on any atom is -0.488 e. The van der Waals surface area contributed by atoms with Crippen molar-refractivity contribution in [3.63, 3.8) is 0 Å². The molecule has 0 radical (unpaired) electrons. The average Bonchev–Trinajstić information content (AvgIpc) is 2.45. The van der Waals surface area contributed by atoms with Gasteiger partial charge in [0.25, 0.3) is 5.91 Å². The van der Waals surface area contributed by atoms with Crippen molar-refractivity contribution in [3.05, 3.63) is 30.3 Å². The molecule has 0 fully saturated rings. The highest BCUT2D eigenvalue weighted by atomic mass is 16.5. The minimum absolute atomic E-state index is 0.0413. The van der Waals surface area contributed by atoms with Crippen molar-refractivity contribution < 1.29 is 19.2 Å². The molecule has 6 heteroatoms. The van der Waals surface area contributed by atoms with Gasteiger partial charge in [-0.3, -0.25) is 9.59 Å². The number of quaternary nitrogens is 1. The van der Waals surface area contributed by atoms with E-state index in [2.05, 4.69) is 5.32 Å². The second kappa shape index (κ2) is 8.97. The van der Waals surface area contributed by atoms with Crippen molar-refractivity contribution in [2.75, 3.05) is 47.4 Å². The number of likely N-dealkylation sites (N-methyl/N-ethyl adjacent to an activating group) is 2. The van der Waals surface area contributed by atoms with E-state index in [1.807, 2.05) is 37.4 Å². The van der Waals surface area contributed by atoms with Crippen LogP contribution in [0.4, 0.5) is 0 Å². The summed E-state index contributed by atoms with van der Waals surface area (Å²) in [6, 6.07) is 9.57. The number of amides is 2. The van der Waals surface area contributed by atoms with Crippen LogP contribution in [0.3, 0.4) is 0 Å². The van der Waals surface area contributed by atoms with Crippen LogP contribution >= 0.6 is 0 Å². The molecule has 116 valence electrons. The van der Waals surface area contributed by atoms with Crippen LogP contribution in [0, 0.1) is 0 Å². The van der Waals surface area contributed by atoms with Gasteiger partial charge < -0.3 is 19.9 Å². The van der Waals surface area contributed by atoms with Crippen molar-refractivity contribution in [2.24, 2.45) is 0 Å². The molecule has 0 saturated heterocycles. The topological polar surface area (TPSA) is 63.1 Å². The second-order valence-electron chi connectivity index (χ2n) is 5.11. The first-order chi connectivity index (χ1) is 9.99. The molecule has 21 heavy (non-hydrogen) atoms. The van der Waals surface area contributed by atoms with E-state index in [1.54, 1.807) is 14.1 Å². The Morgan fingerprint density at radius 3 is 2.52 bits per heavy atom. The van der Waals surface area contributed by atoms with Crippen LogP contribution in [0.25, 0.3) is 0 Å². The molecule has 0 aliphatic carbocycles. The SMILES string of the molecule is CN(C)C(=O)CNC(=O)C[NH+](C)CCOc1ccccc1. The zero-order chi connectivity index (χ0) is 15.7. The zero-order valence-corrected chi connectivity index (χ0v) is 12.9. The number of benzene rings is 1. The van der Waals surface area contributed by atoms with E-state index >= 15 is 0 Å². The molecule has 2 amide bonds. The summed E-state index contributed by atoms with van der Waals surface area (Å²) in [7, 11) is 5.24. The number of carbonyl (C=O) groups excluding carboxylic acids is 2. The van der Waals surface area contributed by atoms with E-state index in [9.17, 15) is 9.59 Å². The number of hydrogen-bond acceptors (Lipinski definition) is 3. The first kappa shape index (κ1) is 17.0. The molecule has 0 aliphatic heterocycles. The van der Waals surface area contributed by atoms with Gasteiger partial charge in [-0.05, 0) is 12.1 Å². The van der Waals surface area contributed by atoms with Crippen LogP contribution in [0.1, 0.15) is 0 Å². The molecule has 1 rings (SSSR count). The second-order valence-corrected chi connectivity index (χ2v) is 5.11. The van der Waals surface area contributed by atoms with Crippen LogP contribution in [0.2, 0.25) is 0 Å². The van der Waals surface area contributed by atoms with Gasteiger partial charge in [0, 0.05) is 14.1 Å². The average molecular weight is 294 g/mol. The normalized spacial score (nSPS) is 11.6. The van der Waals surface area contributed by atoms with Gasteiger partial charge in [0.2, 0.25) is 5.91 Å². The summed E-state index contributed by atoms with van der Waals surface area (Å²) in [6.07, 6.45) is 0. The largest absolute Gasteiger partial charge is 0.488 e. The summed E-state index contributed by atoms with van der Waals surface area (Å²) in [4.78, 5) is 25.5. The summed E-state index contributed by atoms with van der Waals surface area (Å²) < 4.78 is 5.57. The lowest BCUT2D eigenvalue weighted by atomic mass is 10.3. The fourth-order valence-corrected chi connectivity index (χ4v) is 1.62. The molecule has 1 aromatic carbocycles. The molecule has 0 bridgehead atoms. The van der Waals surface area contributed by atoms with Gasteiger partial charge in [0.05, 0.1) is 13.6 Å². The van der Waals surface area contributed by atoms with Crippen molar-refractivity contribution in [3.8, 4) is 5.75 Å². The molecular formula is C15H24N3O3+. The molecule has 1 aromatic rings. The molecule has 2 N–H and O–H groups in total. The van der Waals surface area contributed by atoms with Crippen molar-refractivity contribution >= 4 is 11.8 Å². The van der Waals surface area contributed by atoms with E-state index in [0.29, 0.717) is 19.7 Å². The van der Waals surface area contributed by atoms with Crippen LogP contribution in [-0.4, -0.2) is 64.1 Å². The minimum atomic E-state index is -0.137. The fraction of sp³-hybridized carbons (Fsp3) is 0.467. The summed E-state index contributed by atoms with van der Waals surface area (Å²) in [5.74, 6) is 0.571. The highest BCUT2D eigenvalue weighted by molar-refractivity contribution is 5.84. The lowest BCUT2D eigenvalue weighted by molar-refractivity contribution is -0.871. The third-order valence-electron chi connectivity index (χ3n) is 2.94. The number of rotatable bonds is 8. The molecule has 0 spiro atoms. The van der Waals surface area contributed by atoms with Crippen molar-refractivity contribution in [1.82, 2.24) is 10.2 Å². The highest BCUT2D eigenvalue weighted by Gasteiger charge is 2.12. The molecule has 1 unspecified atom stereocenters. The fourth-order valence-electron chi connectivity index (χ4n) is 1.62. The Hall–Kier alpha value is -2.08. The van der Waals surface area contributed by atoms with E-state index < -0.39 is 0 Å². The van der Waals surface area contributed by atoms with Crippen LogP contribution in [-0.2, 0) is 9.59 Å². The Balaban J connectivity index is 2.16. The summed E-state index contributed by atoms with van der Waals surface area (Å²) in [6.45, 7) is 1.61. The van der Waals surface area contributed by atoms with E-state index in [0.717, 1.165) is 10.6 Å². The van der Waals surface area contributed by atoms with Gasteiger partial charge in [-0.25, -0.2) is 0 Å². The first-order valence-electron chi connectivity index (χ1n) is 6.95. The number of nitrogens with zero attached hydrogens (tertiary/aromatic N) is 1. The number of carbonyl (C=O) groups is 2. The van der Waals surface area contributed by atoms with E-state index in [1.165, 1.54) is 4.90 Å². The smallest absolute Gasteiger partial charge is 0.275 e. The third-order valence-corrected chi connectivity index (χ3v) is 2.94. The van der Waals surface area contributed by atoms with Crippen LogP contribution in [0.5, 0.6) is 5.75 Å². The Bertz CT molecular complexity index is 449. The van der Waals surface area contributed by atoms with Crippen molar-refractivity contribution in [2.45, 2.75) is 0 Å². The maximum absolute atomic E-state index is 11.7. The predicted octanol–water partition coefficient (Wildman–Crippen LogP) is -1.22. The zero-order valence-electron chi connectivity index (χ0n) is 12.9. The standard InChI is InChI=1S/C15H23N3O3/c1-17(2)15(20)11-16-14(19)12-18(3)9-10-21-13-7-5-4-6-8-13/h4-8H,9-12H2,1-3H3,(H,16,19)/p+1. The molecule has 0 aliphatic rings. The lowest BCUT2D eigenvalue weighted by Gasteiger charge is -2.15. The number of nitrogens with one attached hydrogen (secondary N) is 2. The molecule has 0 aromatic heterocycles. The summed E-state index contributed by atoms with van der Waals surface area (Å²) >= 11 is 0. The lowest BCUT2D eigenvalue weighted by Crippen LogP contribution is -3.10. The quantitative estimate of drug-likeness (QED) is 0.632. The van der Waals surface area contributed by atoms with Gasteiger partial charge >= 0.3 is 0 Å². The Labute approximate surface area is 125 Å². The molecule has 0 saturated carbocycles. The number of hydrogen-bond donors (Lipinski definition) is 2. The van der Waals surface area contributed by atoms with Gasteiger partial charge in [0.1, 0.15) is 18.9 Å². The van der Waals surface area contributed by atoms with E-state index in [-0.39, 0.29) is 18.4 Å². The Morgan fingerprint density at radius 2 is 1.90 bits per heavy atom. The monoisotopic (exact) mass is 294 g/mol. The molecule has 1 atom stereocenters. The van der Waals surface area contributed by atoms with Gasteiger partial charge in [-0.1, -0.05) is 18.2 Å². The first-order valence-corrected chi connectivity index (χ1v) is 6.95. The Morgan fingerprint density at radius 1 is 1.24 bits per heavy atom. The summed E-state index contributed by atoms with van der Waals surface area (Å²) in [5.41, 5.74) is 0. The molecule has 6 nitrogen and oxygen atoms in total. The summed E-state index contributed by atoms with van der Waals surface area (Å²) in [5, 5.41) is 2.61. The Kier molecular flexibility index (Phi) is 7.25. The number of ether oxygens (including phenoxy) is 1. The van der Waals surface area contributed by atoms with Crippen molar-refractivity contribution in [1.29, 1.82) is 0 Å². The molecule has 0 heterocycles.